The Bertz CT molecular complexity index is 2820. The number of unbranched alkanes of at least 4 members (excludes halogenated alkanes) is 7. The van der Waals surface area contributed by atoms with Gasteiger partial charge in [-0.25, -0.2) is 0 Å². The van der Waals surface area contributed by atoms with Crippen LogP contribution < -0.4 is 16.0 Å². The van der Waals surface area contributed by atoms with E-state index in [0.717, 1.165) is 99.9 Å². The Balaban J connectivity index is 0.643. The summed E-state index contributed by atoms with van der Waals surface area (Å²) in [7, 11) is 1.74. The quantitative estimate of drug-likeness (QED) is 0.0611. The van der Waals surface area contributed by atoms with Gasteiger partial charge in [0.15, 0.2) is 0 Å². The highest BCUT2D eigenvalue weighted by Gasteiger charge is 2.50. The molecule has 6 heterocycles. The summed E-state index contributed by atoms with van der Waals surface area (Å²) in [6.45, 7) is 6.67. The Hall–Kier alpha value is -5.69. The molecule has 4 aromatic rings. The van der Waals surface area contributed by atoms with E-state index in [2.05, 4.69) is 79.0 Å². The van der Waals surface area contributed by atoms with Gasteiger partial charge in [-0.3, -0.25) is 38.6 Å². The van der Waals surface area contributed by atoms with E-state index in [1.165, 1.54) is 23.4 Å². The lowest BCUT2D eigenvalue weighted by Gasteiger charge is -2.40. The van der Waals surface area contributed by atoms with Crippen molar-refractivity contribution in [3.05, 3.63) is 110 Å². The van der Waals surface area contributed by atoms with E-state index in [1.807, 2.05) is 17.0 Å². The highest BCUT2D eigenvalue weighted by molar-refractivity contribution is 9.10. The normalized spacial score (nSPS) is 22.2. The predicted octanol–water partition coefficient (Wildman–Crippen LogP) is 10.2. The summed E-state index contributed by atoms with van der Waals surface area (Å²) in [6.07, 6.45) is 17.3. The standard InChI is InChI=1S/C61H80BrF3N10O5/c1-40(2)60(25-21-46(35-60)70-52-20-17-41-32-45(62)18-19-48(41)52)59(80)74-31-24-51-43(38-74)33-50(61(63,64)65)53(71-51)15-13-28-67-57(78)44-37-69-75(39-44)47-22-29-73(30-23-47)54(76)16-10-8-6-4-5-7-9-11-27-68-58(79)49-34-55(77)72(3)56(49)42-14-12-26-66-36-42/h12,14,18-19,26,32-33,36-37,39-40,46-47,49,52,56,70H,4-11,13,15-17,20-25,27-31,34-35,38H2,1-3H3,(H,67,78)(H,68,79)/t46-,49+,52-,56-,60+/m1/s1. The first kappa shape index (κ1) is 58.9. The molecule has 80 heavy (non-hydrogen) atoms. The number of nitrogens with zero attached hydrogens (tertiary/aromatic N) is 7. The second-order valence-corrected chi connectivity index (χ2v) is 24.4. The van der Waals surface area contributed by atoms with E-state index in [4.69, 9.17) is 0 Å². The number of nitrogens with one attached hydrogen (secondary N) is 3. The molecule has 3 N–H and O–H groups in total. The van der Waals surface area contributed by atoms with E-state index in [0.29, 0.717) is 62.3 Å². The molecule has 3 aliphatic heterocycles. The van der Waals surface area contributed by atoms with E-state index in [9.17, 15) is 37.1 Å². The van der Waals surface area contributed by atoms with Crippen LogP contribution in [0.15, 0.2) is 65.7 Å². The van der Waals surface area contributed by atoms with E-state index >= 15 is 0 Å². The number of carbonyl (C=O) groups is 5. The van der Waals surface area contributed by atoms with Crippen LogP contribution in [-0.2, 0) is 51.2 Å². The summed E-state index contributed by atoms with van der Waals surface area (Å²) in [4.78, 5) is 80.3. The SMILES string of the molecule is CC(C)[C@]1(C(=O)N2CCc3nc(CCCNC(=O)c4cnn(C5CCN(C(=O)CCCCCCCCCCNC(=O)[C@H]6CC(=O)N(C)[C@@H]6c6cccnc6)CC5)c4)c(C(F)(F)F)cc3C2)CC[C@@H](N[C@@H]2CCc3cc(Br)ccc32)C1. The molecule has 5 atom stereocenters. The van der Waals surface area contributed by atoms with Crippen molar-refractivity contribution in [3.8, 4) is 0 Å². The molecule has 2 saturated heterocycles. The van der Waals surface area contributed by atoms with Crippen LogP contribution in [0.4, 0.5) is 13.2 Å². The molecule has 1 saturated carbocycles. The minimum absolute atomic E-state index is 0.0246. The number of pyridine rings is 2. The number of amides is 5. The van der Waals surface area contributed by atoms with Gasteiger partial charge >= 0.3 is 6.18 Å². The maximum atomic E-state index is 14.7. The van der Waals surface area contributed by atoms with Crippen LogP contribution in [0.1, 0.15) is 191 Å². The average Bonchev–Trinajstić information content (AvgIpc) is 4.36. The van der Waals surface area contributed by atoms with Crippen molar-refractivity contribution >= 4 is 45.5 Å². The van der Waals surface area contributed by atoms with Crippen LogP contribution in [0.25, 0.3) is 0 Å². The maximum Gasteiger partial charge on any atom is 0.418 e. The molecule has 432 valence electrons. The third-order valence-electron chi connectivity index (χ3n) is 18.0. The number of benzene rings is 1. The topological polar surface area (TPSA) is 175 Å². The zero-order chi connectivity index (χ0) is 56.6. The lowest BCUT2D eigenvalue weighted by molar-refractivity contribution is -0.146. The van der Waals surface area contributed by atoms with Crippen molar-refractivity contribution in [1.82, 2.24) is 50.4 Å². The summed E-state index contributed by atoms with van der Waals surface area (Å²) in [5.74, 6) is -0.632. The summed E-state index contributed by atoms with van der Waals surface area (Å²) >= 11 is 3.59. The zero-order valence-electron chi connectivity index (χ0n) is 46.8. The summed E-state index contributed by atoms with van der Waals surface area (Å²) in [6, 6.07) is 11.5. The molecule has 0 spiro atoms. The van der Waals surface area contributed by atoms with Crippen LogP contribution in [0, 0.1) is 17.3 Å². The van der Waals surface area contributed by atoms with Gasteiger partial charge < -0.3 is 30.7 Å². The zero-order valence-corrected chi connectivity index (χ0v) is 48.4. The van der Waals surface area contributed by atoms with Gasteiger partial charge in [0.2, 0.25) is 23.6 Å². The molecule has 0 unspecified atom stereocenters. The minimum atomic E-state index is -4.64. The number of rotatable bonds is 23. The minimum Gasteiger partial charge on any atom is -0.356 e. The Morgan fingerprint density at radius 1 is 0.850 bits per heavy atom. The number of aromatic nitrogens is 4. The number of carbonyl (C=O) groups excluding carboxylic acids is 5. The van der Waals surface area contributed by atoms with Crippen molar-refractivity contribution in [2.24, 2.45) is 17.3 Å². The summed E-state index contributed by atoms with van der Waals surface area (Å²) in [5.41, 5.74) is 3.51. The predicted molar refractivity (Wildman–Crippen MR) is 302 cm³/mol. The van der Waals surface area contributed by atoms with Crippen molar-refractivity contribution < 1.29 is 37.1 Å². The van der Waals surface area contributed by atoms with E-state index in [-0.39, 0.29) is 97.7 Å². The van der Waals surface area contributed by atoms with Gasteiger partial charge in [0.1, 0.15) is 0 Å². The van der Waals surface area contributed by atoms with Crippen LogP contribution >= 0.6 is 15.9 Å². The first-order chi connectivity index (χ1) is 38.5. The molecule has 3 fully saturated rings. The maximum absolute atomic E-state index is 14.7. The first-order valence-electron chi connectivity index (χ1n) is 29.4. The Kier molecular flexibility index (Phi) is 19.5. The van der Waals surface area contributed by atoms with Crippen LogP contribution in [0.3, 0.4) is 0 Å². The smallest absolute Gasteiger partial charge is 0.356 e. The highest BCUT2D eigenvalue weighted by Crippen LogP contribution is 2.48. The van der Waals surface area contributed by atoms with Gasteiger partial charge in [0.25, 0.3) is 5.91 Å². The summed E-state index contributed by atoms with van der Waals surface area (Å²) in [5, 5.41) is 14.2. The second-order valence-electron chi connectivity index (χ2n) is 23.5. The molecule has 3 aromatic heterocycles. The number of halogens is 4. The second kappa shape index (κ2) is 26.5. The van der Waals surface area contributed by atoms with Crippen LogP contribution in [-0.4, -0.2) is 110 Å². The Morgan fingerprint density at radius 2 is 1.60 bits per heavy atom. The fraction of sp³-hybridized carbons (Fsp3) is 0.607. The van der Waals surface area contributed by atoms with Gasteiger partial charge in [0.05, 0.1) is 46.4 Å². The molecule has 1 aromatic carbocycles. The fourth-order valence-electron chi connectivity index (χ4n) is 13.3. The van der Waals surface area contributed by atoms with Crippen molar-refractivity contribution in [2.45, 2.75) is 179 Å². The molecule has 2 aliphatic carbocycles. The van der Waals surface area contributed by atoms with Crippen molar-refractivity contribution in [2.75, 3.05) is 39.8 Å². The van der Waals surface area contributed by atoms with Gasteiger partial charge in [-0.05, 0) is 123 Å². The highest BCUT2D eigenvalue weighted by atomic mass is 79.9. The third-order valence-corrected chi connectivity index (χ3v) is 18.5. The monoisotopic (exact) mass is 1170 g/mol. The molecule has 15 nitrogen and oxygen atoms in total. The molecule has 5 amide bonds. The molecule has 19 heteroatoms. The molecule has 5 aliphatic rings. The number of hydrogen-bond donors (Lipinski definition) is 3. The first-order valence-corrected chi connectivity index (χ1v) is 30.2. The number of fused-ring (bicyclic) bond motifs is 2. The largest absolute Gasteiger partial charge is 0.418 e. The number of piperidine rings is 1. The number of hydrogen-bond acceptors (Lipinski definition) is 9. The summed E-state index contributed by atoms with van der Waals surface area (Å²) < 4.78 is 46.8. The van der Waals surface area contributed by atoms with E-state index < -0.39 is 23.1 Å². The number of aryl methyl sites for hydroxylation is 2. The van der Waals surface area contributed by atoms with Gasteiger partial charge in [-0.1, -0.05) is 80.4 Å². The Morgan fingerprint density at radius 3 is 2.34 bits per heavy atom. The van der Waals surface area contributed by atoms with Crippen molar-refractivity contribution in [3.63, 3.8) is 0 Å². The molecule has 9 rings (SSSR count). The van der Waals surface area contributed by atoms with Crippen LogP contribution in [0.2, 0.25) is 0 Å². The van der Waals surface area contributed by atoms with E-state index in [1.54, 1.807) is 40.1 Å². The average molecular weight is 1170 g/mol. The molecular weight excluding hydrogens is 1090 g/mol. The lowest BCUT2D eigenvalue weighted by atomic mass is 9.74. The van der Waals surface area contributed by atoms with Gasteiger partial charge in [-0.2, -0.15) is 18.3 Å². The molecule has 0 radical (unpaired) electrons. The van der Waals surface area contributed by atoms with Crippen molar-refractivity contribution in [1.29, 1.82) is 0 Å². The molecular formula is C61H80BrF3N10O5. The lowest BCUT2D eigenvalue weighted by Crippen LogP contribution is -2.48. The fourth-order valence-corrected chi connectivity index (χ4v) is 13.7. The van der Waals surface area contributed by atoms with Gasteiger partial charge in [-0.15, -0.1) is 0 Å². The van der Waals surface area contributed by atoms with Gasteiger partial charge in [0, 0.05) is 106 Å². The number of alkyl halides is 3. The molecule has 0 bridgehead atoms. The number of likely N-dealkylation sites (tertiary alicyclic amines) is 2. The van der Waals surface area contributed by atoms with Crippen LogP contribution in [0.5, 0.6) is 0 Å². The Labute approximate surface area is 477 Å². The third kappa shape index (κ3) is 14.0.